The number of carbonyl (C=O) groups excluding carboxylic acids is 2. The van der Waals surface area contributed by atoms with Gasteiger partial charge in [0.15, 0.2) is 0 Å². The summed E-state index contributed by atoms with van der Waals surface area (Å²) in [6, 6.07) is 7.15. The second-order valence-electron chi connectivity index (χ2n) is 7.17. The van der Waals surface area contributed by atoms with Gasteiger partial charge in [-0.3, -0.25) is 14.4 Å². The normalized spacial score (nSPS) is 13.4. The molecule has 1 aromatic carbocycles. The van der Waals surface area contributed by atoms with Crippen molar-refractivity contribution < 1.29 is 24.2 Å². The number of rotatable bonds is 8. The van der Waals surface area contributed by atoms with Gasteiger partial charge in [-0.15, -0.1) is 11.3 Å². The lowest BCUT2D eigenvalue weighted by atomic mass is 10.0. The molecule has 8 heteroatoms. The topological polar surface area (TPSA) is 105 Å². The van der Waals surface area contributed by atoms with E-state index in [-0.39, 0.29) is 30.6 Å². The summed E-state index contributed by atoms with van der Waals surface area (Å²) < 4.78 is 5.30. The highest BCUT2D eigenvalue weighted by Gasteiger charge is 2.28. The van der Waals surface area contributed by atoms with Crippen LogP contribution in [0.1, 0.15) is 47.0 Å². The van der Waals surface area contributed by atoms with Crippen LogP contribution in [-0.2, 0) is 22.4 Å². The number of ether oxygens (including phenoxy) is 1. The van der Waals surface area contributed by atoms with E-state index in [1.807, 2.05) is 12.1 Å². The summed E-state index contributed by atoms with van der Waals surface area (Å²) in [6.07, 6.45) is 2.68. The largest absolute Gasteiger partial charge is 0.495 e. The van der Waals surface area contributed by atoms with Gasteiger partial charge in [0.2, 0.25) is 5.91 Å². The van der Waals surface area contributed by atoms with Crippen LogP contribution in [0, 0.1) is 5.92 Å². The maximum absolute atomic E-state index is 13.1. The van der Waals surface area contributed by atoms with Crippen LogP contribution in [0.5, 0.6) is 5.75 Å². The van der Waals surface area contributed by atoms with Gasteiger partial charge in [-0.2, -0.15) is 0 Å². The van der Waals surface area contributed by atoms with Gasteiger partial charge < -0.3 is 20.5 Å². The summed E-state index contributed by atoms with van der Waals surface area (Å²) in [5.41, 5.74) is 2.04. The number of hydrogen-bond acceptors (Lipinski definition) is 5. The van der Waals surface area contributed by atoms with E-state index in [9.17, 15) is 14.4 Å². The quantitative estimate of drug-likeness (QED) is 0.605. The Labute approximate surface area is 173 Å². The lowest BCUT2D eigenvalue weighted by molar-refractivity contribution is -0.138. The second kappa shape index (κ2) is 9.09. The number of aryl methyl sites for hydroxylation is 1. The third kappa shape index (κ3) is 4.95. The first-order chi connectivity index (χ1) is 13.9. The number of amides is 2. The monoisotopic (exact) mass is 416 g/mol. The smallest absolute Gasteiger partial charge is 0.303 e. The fourth-order valence-corrected chi connectivity index (χ4v) is 4.83. The minimum atomic E-state index is -0.933. The third-order valence-corrected chi connectivity index (χ3v) is 6.02. The molecule has 1 heterocycles. The van der Waals surface area contributed by atoms with Crippen LogP contribution in [0.25, 0.3) is 0 Å². The van der Waals surface area contributed by atoms with E-state index in [4.69, 9.17) is 9.84 Å². The van der Waals surface area contributed by atoms with Crippen molar-refractivity contribution in [2.24, 2.45) is 5.92 Å². The fraction of sp³-hybridized carbons (Fsp3) is 0.381. The molecule has 1 unspecified atom stereocenters. The Balaban J connectivity index is 1.80. The van der Waals surface area contributed by atoms with Crippen molar-refractivity contribution >= 4 is 39.8 Å². The molecule has 1 aromatic heterocycles. The number of anilines is 2. The Morgan fingerprint density at radius 1 is 1.17 bits per heavy atom. The van der Waals surface area contributed by atoms with Gasteiger partial charge in [0.05, 0.1) is 18.4 Å². The Hall–Kier alpha value is -2.87. The molecule has 0 radical (unpaired) electrons. The third-order valence-electron chi connectivity index (χ3n) is 4.81. The number of aliphatic carboxylic acids is 1. The highest BCUT2D eigenvalue weighted by Crippen LogP contribution is 2.40. The van der Waals surface area contributed by atoms with Crippen molar-refractivity contribution in [1.29, 1.82) is 0 Å². The van der Waals surface area contributed by atoms with E-state index in [0.717, 1.165) is 29.7 Å². The van der Waals surface area contributed by atoms with Gasteiger partial charge in [-0.05, 0) is 42.9 Å². The van der Waals surface area contributed by atoms with Gasteiger partial charge in [0.25, 0.3) is 5.91 Å². The molecule has 2 aromatic rings. The molecule has 0 saturated carbocycles. The zero-order valence-corrected chi connectivity index (χ0v) is 17.2. The number of carboxylic acid groups (broad SMARTS) is 1. The molecular formula is C21H24N2O5S. The summed E-state index contributed by atoms with van der Waals surface area (Å²) >= 11 is 1.43. The summed E-state index contributed by atoms with van der Waals surface area (Å²) in [7, 11) is 1.54. The second-order valence-corrected chi connectivity index (χ2v) is 8.28. The lowest BCUT2D eigenvalue weighted by Crippen LogP contribution is -2.20. The first kappa shape index (κ1) is 20.9. The van der Waals surface area contributed by atoms with Crippen LogP contribution < -0.4 is 15.4 Å². The van der Waals surface area contributed by atoms with Crippen molar-refractivity contribution in [3.8, 4) is 5.75 Å². The Kier molecular flexibility index (Phi) is 6.53. The zero-order chi connectivity index (χ0) is 21.0. The minimum Gasteiger partial charge on any atom is -0.495 e. The first-order valence-electron chi connectivity index (χ1n) is 9.49. The number of carbonyl (C=O) groups is 3. The van der Waals surface area contributed by atoms with E-state index < -0.39 is 5.97 Å². The number of para-hydroxylation sites is 2. The van der Waals surface area contributed by atoms with Crippen molar-refractivity contribution in [2.45, 2.75) is 39.0 Å². The van der Waals surface area contributed by atoms with Gasteiger partial charge in [0.1, 0.15) is 10.8 Å². The van der Waals surface area contributed by atoms with Crippen LogP contribution in [-0.4, -0.2) is 30.0 Å². The number of hydrogen-bond donors (Lipinski definition) is 3. The van der Waals surface area contributed by atoms with Gasteiger partial charge in [-0.25, -0.2) is 0 Å². The molecule has 29 heavy (non-hydrogen) atoms. The maximum atomic E-state index is 13.1. The van der Waals surface area contributed by atoms with Crippen molar-refractivity contribution in [3.63, 3.8) is 0 Å². The predicted octanol–water partition coefficient (Wildman–Crippen LogP) is 3.94. The number of thiophene rings is 1. The maximum Gasteiger partial charge on any atom is 0.303 e. The molecule has 1 atom stereocenters. The summed E-state index contributed by atoms with van der Waals surface area (Å²) in [5.74, 6) is -1.24. The molecule has 0 fully saturated rings. The number of carboxylic acids is 1. The van der Waals surface area contributed by atoms with Crippen LogP contribution in [0.2, 0.25) is 0 Å². The standard InChI is InChI=1S/C21H24N2O5S/c1-12(11-18(25)26)10-17(24)23-21-19(13-6-5-9-16(13)29-21)20(27)22-14-7-3-4-8-15(14)28-2/h3-4,7-8,12H,5-6,9-11H2,1-2H3,(H,22,27)(H,23,24)(H,25,26). The predicted molar refractivity (Wildman–Crippen MR) is 112 cm³/mol. The molecule has 0 bridgehead atoms. The zero-order valence-electron chi connectivity index (χ0n) is 16.4. The van der Waals surface area contributed by atoms with Crippen molar-refractivity contribution in [1.82, 2.24) is 0 Å². The lowest BCUT2D eigenvalue weighted by Gasteiger charge is -2.13. The average molecular weight is 416 g/mol. The highest BCUT2D eigenvalue weighted by atomic mass is 32.1. The van der Waals surface area contributed by atoms with E-state index in [2.05, 4.69) is 10.6 Å². The van der Waals surface area contributed by atoms with E-state index in [1.54, 1.807) is 19.1 Å². The molecule has 154 valence electrons. The fourth-order valence-electron chi connectivity index (χ4n) is 3.53. The number of nitrogens with one attached hydrogen (secondary N) is 2. The van der Waals surface area contributed by atoms with Crippen molar-refractivity contribution in [2.75, 3.05) is 17.7 Å². The minimum absolute atomic E-state index is 0.0739. The molecule has 1 aliphatic carbocycles. The number of fused-ring (bicyclic) bond motifs is 1. The number of benzene rings is 1. The molecule has 0 aliphatic heterocycles. The molecule has 3 rings (SSSR count). The number of methoxy groups -OCH3 is 1. The molecule has 0 saturated heterocycles. The summed E-state index contributed by atoms with van der Waals surface area (Å²) in [6.45, 7) is 1.72. The molecule has 3 N–H and O–H groups in total. The first-order valence-corrected chi connectivity index (χ1v) is 10.3. The average Bonchev–Trinajstić information content (AvgIpc) is 3.21. The van der Waals surface area contributed by atoms with E-state index >= 15 is 0 Å². The SMILES string of the molecule is COc1ccccc1NC(=O)c1c(NC(=O)CC(C)CC(=O)O)sc2c1CCC2. The van der Waals surface area contributed by atoms with Crippen LogP contribution in [0.3, 0.4) is 0 Å². The molecular weight excluding hydrogens is 392 g/mol. The Bertz CT molecular complexity index is 937. The Morgan fingerprint density at radius 2 is 1.93 bits per heavy atom. The highest BCUT2D eigenvalue weighted by molar-refractivity contribution is 7.17. The van der Waals surface area contributed by atoms with E-state index in [1.165, 1.54) is 18.4 Å². The molecule has 1 aliphatic rings. The summed E-state index contributed by atoms with van der Waals surface area (Å²) in [5, 5.41) is 15.1. The van der Waals surface area contributed by atoms with Gasteiger partial charge >= 0.3 is 5.97 Å². The van der Waals surface area contributed by atoms with Crippen LogP contribution >= 0.6 is 11.3 Å². The summed E-state index contributed by atoms with van der Waals surface area (Å²) in [4.78, 5) is 37.4. The van der Waals surface area contributed by atoms with E-state index in [0.29, 0.717) is 22.0 Å². The van der Waals surface area contributed by atoms with Gasteiger partial charge in [0, 0.05) is 17.7 Å². The molecule has 7 nitrogen and oxygen atoms in total. The molecule has 0 spiro atoms. The van der Waals surface area contributed by atoms with Crippen LogP contribution in [0.4, 0.5) is 10.7 Å². The molecule has 2 amide bonds. The van der Waals surface area contributed by atoms with Crippen LogP contribution in [0.15, 0.2) is 24.3 Å². The Morgan fingerprint density at radius 3 is 2.66 bits per heavy atom. The van der Waals surface area contributed by atoms with Gasteiger partial charge in [-0.1, -0.05) is 19.1 Å². The van der Waals surface area contributed by atoms with Crippen molar-refractivity contribution in [3.05, 3.63) is 40.3 Å².